The average molecular weight is 257 g/mol. The highest BCUT2D eigenvalue weighted by molar-refractivity contribution is 7.15. The van der Waals surface area contributed by atoms with Crippen molar-refractivity contribution in [1.29, 1.82) is 0 Å². The van der Waals surface area contributed by atoms with Gasteiger partial charge in [-0.2, -0.15) is 0 Å². The van der Waals surface area contributed by atoms with Gasteiger partial charge in [0.15, 0.2) is 0 Å². The van der Waals surface area contributed by atoms with Gasteiger partial charge in [-0.25, -0.2) is 0 Å². The number of thiophene rings is 1. The fourth-order valence-electron chi connectivity index (χ4n) is 2.37. The minimum atomic E-state index is 0.258. The Balaban J connectivity index is 1.94. The minimum Gasteiger partial charge on any atom is -0.323 e. The first-order valence-corrected chi connectivity index (χ1v) is 7.40. The Morgan fingerprint density at radius 1 is 1.17 bits per heavy atom. The minimum absolute atomic E-state index is 0.258. The molecule has 1 nitrogen and oxygen atoms in total. The molecule has 18 heavy (non-hydrogen) atoms. The molecule has 1 unspecified atom stereocenters. The highest BCUT2D eigenvalue weighted by Gasteiger charge is 2.30. The van der Waals surface area contributed by atoms with E-state index in [9.17, 15) is 0 Å². The molecule has 3 rings (SSSR count). The van der Waals surface area contributed by atoms with E-state index in [2.05, 4.69) is 44.2 Å². The molecule has 1 saturated carbocycles. The van der Waals surface area contributed by atoms with Crippen LogP contribution in [0.15, 0.2) is 30.3 Å². The first-order valence-electron chi connectivity index (χ1n) is 6.58. The van der Waals surface area contributed by atoms with Gasteiger partial charge in [0.2, 0.25) is 0 Å². The molecule has 0 amide bonds. The third-order valence-corrected chi connectivity index (χ3v) is 4.96. The molecule has 1 aliphatic rings. The van der Waals surface area contributed by atoms with Crippen LogP contribution in [0.5, 0.6) is 0 Å². The van der Waals surface area contributed by atoms with Crippen molar-refractivity contribution in [2.24, 2.45) is 11.7 Å². The van der Waals surface area contributed by atoms with Crippen molar-refractivity contribution >= 4 is 11.3 Å². The Bertz CT molecular complexity index is 566. The van der Waals surface area contributed by atoms with Crippen molar-refractivity contribution in [3.63, 3.8) is 0 Å². The SMILES string of the molecule is Cc1ccc(C)c(-c2ccc(C(N)C3CC3)s2)c1. The molecule has 0 saturated heterocycles. The fourth-order valence-corrected chi connectivity index (χ4v) is 3.55. The number of hydrogen-bond donors (Lipinski definition) is 1. The van der Waals surface area contributed by atoms with E-state index in [1.165, 1.54) is 39.3 Å². The van der Waals surface area contributed by atoms with Gasteiger partial charge in [-0.15, -0.1) is 11.3 Å². The lowest BCUT2D eigenvalue weighted by Gasteiger charge is -2.07. The maximum absolute atomic E-state index is 6.27. The van der Waals surface area contributed by atoms with Gasteiger partial charge in [-0.3, -0.25) is 0 Å². The second-order valence-electron chi connectivity index (χ2n) is 5.38. The molecular formula is C16H19NS. The molecule has 2 aromatic rings. The smallest absolute Gasteiger partial charge is 0.0418 e. The van der Waals surface area contributed by atoms with Crippen LogP contribution < -0.4 is 5.73 Å². The summed E-state index contributed by atoms with van der Waals surface area (Å²) in [4.78, 5) is 2.69. The van der Waals surface area contributed by atoms with Crippen molar-refractivity contribution in [1.82, 2.24) is 0 Å². The molecule has 1 aliphatic carbocycles. The summed E-state index contributed by atoms with van der Waals surface area (Å²) in [5.74, 6) is 0.732. The second kappa shape index (κ2) is 4.52. The van der Waals surface area contributed by atoms with Gasteiger partial charge in [0, 0.05) is 15.8 Å². The van der Waals surface area contributed by atoms with Crippen molar-refractivity contribution in [3.8, 4) is 10.4 Å². The number of benzene rings is 1. The molecular weight excluding hydrogens is 238 g/mol. The molecule has 1 atom stereocenters. The molecule has 0 spiro atoms. The Labute approximate surface area is 113 Å². The van der Waals surface area contributed by atoms with Gasteiger partial charge in [-0.1, -0.05) is 23.8 Å². The molecule has 1 aromatic heterocycles. The molecule has 0 aliphatic heterocycles. The van der Waals surface area contributed by atoms with E-state index in [1.807, 2.05) is 11.3 Å². The maximum atomic E-state index is 6.27. The number of hydrogen-bond acceptors (Lipinski definition) is 2. The van der Waals surface area contributed by atoms with Crippen molar-refractivity contribution in [3.05, 3.63) is 46.3 Å². The highest BCUT2D eigenvalue weighted by atomic mass is 32.1. The van der Waals surface area contributed by atoms with Crippen LogP contribution >= 0.6 is 11.3 Å². The van der Waals surface area contributed by atoms with Crippen LogP contribution in [-0.2, 0) is 0 Å². The molecule has 1 aromatic carbocycles. The summed E-state index contributed by atoms with van der Waals surface area (Å²) in [5.41, 5.74) is 10.3. The van der Waals surface area contributed by atoms with Gasteiger partial charge in [0.25, 0.3) is 0 Å². The summed E-state index contributed by atoms with van der Waals surface area (Å²) < 4.78 is 0. The van der Waals surface area contributed by atoms with Gasteiger partial charge >= 0.3 is 0 Å². The Morgan fingerprint density at radius 3 is 2.67 bits per heavy atom. The molecule has 0 radical (unpaired) electrons. The largest absolute Gasteiger partial charge is 0.323 e. The highest BCUT2D eigenvalue weighted by Crippen LogP contribution is 2.43. The number of rotatable bonds is 3. The lowest BCUT2D eigenvalue weighted by molar-refractivity contribution is 0.645. The predicted molar refractivity (Wildman–Crippen MR) is 78.9 cm³/mol. The average Bonchev–Trinajstić information content (AvgIpc) is 3.09. The third kappa shape index (κ3) is 2.23. The first kappa shape index (κ1) is 11.9. The van der Waals surface area contributed by atoms with Crippen LogP contribution in [0.1, 0.15) is 34.9 Å². The predicted octanol–water partition coefficient (Wildman–Crippen LogP) is 4.44. The standard InChI is InChI=1S/C16H19NS/c1-10-3-4-11(2)13(9-10)14-7-8-15(18-14)16(17)12-5-6-12/h3-4,7-9,12,16H,5-6,17H2,1-2H3. The van der Waals surface area contributed by atoms with E-state index in [-0.39, 0.29) is 6.04 Å². The maximum Gasteiger partial charge on any atom is 0.0418 e. The summed E-state index contributed by atoms with van der Waals surface area (Å²) in [6, 6.07) is 11.3. The Hall–Kier alpha value is -1.12. The number of aryl methyl sites for hydroxylation is 2. The van der Waals surface area contributed by atoms with E-state index in [0.29, 0.717) is 0 Å². The molecule has 0 bridgehead atoms. The monoisotopic (exact) mass is 257 g/mol. The van der Waals surface area contributed by atoms with E-state index in [4.69, 9.17) is 5.73 Å². The third-order valence-electron chi connectivity index (χ3n) is 3.74. The van der Waals surface area contributed by atoms with Crippen LogP contribution in [0.4, 0.5) is 0 Å². The normalized spacial score (nSPS) is 16.8. The first-order chi connectivity index (χ1) is 8.65. The molecule has 1 heterocycles. The Morgan fingerprint density at radius 2 is 1.94 bits per heavy atom. The lowest BCUT2D eigenvalue weighted by Crippen LogP contribution is -2.10. The van der Waals surface area contributed by atoms with Gasteiger partial charge in [0.05, 0.1) is 0 Å². The van der Waals surface area contributed by atoms with Crippen molar-refractivity contribution in [2.45, 2.75) is 32.7 Å². The van der Waals surface area contributed by atoms with Crippen molar-refractivity contribution in [2.75, 3.05) is 0 Å². The van der Waals surface area contributed by atoms with Crippen LogP contribution in [-0.4, -0.2) is 0 Å². The quantitative estimate of drug-likeness (QED) is 0.864. The fraction of sp³-hybridized carbons (Fsp3) is 0.375. The van der Waals surface area contributed by atoms with Gasteiger partial charge in [0.1, 0.15) is 0 Å². The summed E-state index contributed by atoms with van der Waals surface area (Å²) in [6.07, 6.45) is 2.61. The van der Waals surface area contributed by atoms with E-state index in [1.54, 1.807) is 0 Å². The zero-order valence-electron chi connectivity index (χ0n) is 10.9. The summed E-state index contributed by atoms with van der Waals surface area (Å²) in [5, 5.41) is 0. The molecule has 94 valence electrons. The number of nitrogens with two attached hydrogens (primary N) is 1. The summed E-state index contributed by atoms with van der Waals surface area (Å²) >= 11 is 1.86. The van der Waals surface area contributed by atoms with E-state index < -0.39 is 0 Å². The second-order valence-corrected chi connectivity index (χ2v) is 6.50. The molecule has 2 heteroatoms. The van der Waals surface area contributed by atoms with Crippen molar-refractivity contribution < 1.29 is 0 Å². The van der Waals surface area contributed by atoms with Crippen LogP contribution in [0.3, 0.4) is 0 Å². The topological polar surface area (TPSA) is 26.0 Å². The van der Waals surface area contributed by atoms with Gasteiger partial charge in [-0.05, 0) is 55.9 Å². The molecule has 1 fully saturated rings. The summed E-state index contributed by atoms with van der Waals surface area (Å²) in [6.45, 7) is 4.32. The molecule has 2 N–H and O–H groups in total. The Kier molecular flexibility index (Phi) is 3.00. The zero-order valence-corrected chi connectivity index (χ0v) is 11.8. The van der Waals surface area contributed by atoms with Crippen LogP contribution in [0, 0.1) is 19.8 Å². The van der Waals surface area contributed by atoms with E-state index in [0.717, 1.165) is 5.92 Å². The van der Waals surface area contributed by atoms with Gasteiger partial charge < -0.3 is 5.73 Å². The lowest BCUT2D eigenvalue weighted by atomic mass is 10.0. The van der Waals surface area contributed by atoms with Crippen LogP contribution in [0.2, 0.25) is 0 Å². The van der Waals surface area contributed by atoms with E-state index >= 15 is 0 Å². The zero-order chi connectivity index (χ0) is 12.7. The van der Waals surface area contributed by atoms with Crippen LogP contribution in [0.25, 0.3) is 10.4 Å². The summed E-state index contributed by atoms with van der Waals surface area (Å²) in [7, 11) is 0.